The minimum absolute atomic E-state index is 0.116. The predicted molar refractivity (Wildman–Crippen MR) is 89.6 cm³/mol. The fourth-order valence-corrected chi connectivity index (χ4v) is 3.04. The number of halogens is 1. The van der Waals surface area contributed by atoms with Crippen LogP contribution in [-0.2, 0) is 4.79 Å². The van der Waals surface area contributed by atoms with Gasteiger partial charge in [-0.25, -0.2) is 4.39 Å². The molecule has 23 heavy (non-hydrogen) atoms. The molecule has 1 aliphatic rings. The maximum Gasteiger partial charge on any atom is 0.246 e. The number of amides is 1. The zero-order valence-electron chi connectivity index (χ0n) is 13.0. The summed E-state index contributed by atoms with van der Waals surface area (Å²) in [4.78, 5) is 12.7. The Balaban J connectivity index is 1.76. The zero-order valence-corrected chi connectivity index (χ0v) is 13.0. The van der Waals surface area contributed by atoms with Gasteiger partial charge in [0, 0.05) is 11.7 Å². The molecule has 0 saturated heterocycles. The molecule has 1 saturated carbocycles. The fraction of sp³-hybridized carbons (Fsp3) is 0.316. The van der Waals surface area contributed by atoms with Gasteiger partial charge in [-0.1, -0.05) is 43.2 Å². The molecular weight excluding hydrogens is 291 g/mol. The maximum atomic E-state index is 13.0. The number of nitrogens with one attached hydrogen (secondary N) is 2. The first-order chi connectivity index (χ1) is 11.2. The predicted octanol–water partition coefficient (Wildman–Crippen LogP) is 4.04. The van der Waals surface area contributed by atoms with Gasteiger partial charge in [0.2, 0.25) is 5.91 Å². The summed E-state index contributed by atoms with van der Waals surface area (Å²) in [5.74, 6) is -0.429. The van der Waals surface area contributed by atoms with E-state index in [1.54, 1.807) is 12.1 Å². The van der Waals surface area contributed by atoms with Crippen molar-refractivity contribution in [2.75, 3.05) is 5.32 Å². The number of hydrogen-bond donors (Lipinski definition) is 2. The van der Waals surface area contributed by atoms with Gasteiger partial charge in [-0.05, 0) is 42.7 Å². The molecule has 0 aliphatic heterocycles. The number of anilines is 1. The van der Waals surface area contributed by atoms with E-state index in [4.69, 9.17) is 0 Å². The molecule has 2 N–H and O–H groups in total. The first-order valence-electron chi connectivity index (χ1n) is 8.10. The summed E-state index contributed by atoms with van der Waals surface area (Å²) < 4.78 is 13.0. The monoisotopic (exact) mass is 312 g/mol. The van der Waals surface area contributed by atoms with Gasteiger partial charge in [-0.15, -0.1) is 0 Å². The number of carbonyl (C=O) groups is 1. The lowest BCUT2D eigenvalue weighted by Gasteiger charge is -2.23. The first-order valence-corrected chi connectivity index (χ1v) is 8.10. The van der Waals surface area contributed by atoms with E-state index in [0.717, 1.165) is 18.4 Å². The van der Waals surface area contributed by atoms with Crippen LogP contribution in [0.1, 0.15) is 37.3 Å². The SMILES string of the molecule is O=C(Nc1ccc(F)cc1)C(NC1CCCC1)c1ccccc1. The van der Waals surface area contributed by atoms with E-state index in [2.05, 4.69) is 10.6 Å². The fourth-order valence-electron chi connectivity index (χ4n) is 3.04. The first kappa shape index (κ1) is 15.7. The largest absolute Gasteiger partial charge is 0.324 e. The van der Waals surface area contributed by atoms with Gasteiger partial charge in [0.15, 0.2) is 0 Å². The summed E-state index contributed by atoms with van der Waals surface area (Å²) in [5, 5.41) is 6.35. The van der Waals surface area contributed by atoms with Gasteiger partial charge in [0.1, 0.15) is 11.9 Å². The quantitative estimate of drug-likeness (QED) is 0.875. The summed E-state index contributed by atoms with van der Waals surface area (Å²) in [6, 6.07) is 15.5. The molecule has 1 atom stereocenters. The Bertz CT molecular complexity index is 636. The van der Waals surface area contributed by atoms with E-state index >= 15 is 0 Å². The Morgan fingerprint density at radius 2 is 1.65 bits per heavy atom. The topological polar surface area (TPSA) is 41.1 Å². The molecule has 0 heterocycles. The van der Waals surface area contributed by atoms with Crippen LogP contribution in [0.3, 0.4) is 0 Å². The van der Waals surface area contributed by atoms with Crippen LogP contribution in [0.25, 0.3) is 0 Å². The second-order valence-corrected chi connectivity index (χ2v) is 5.99. The van der Waals surface area contributed by atoms with Crippen LogP contribution in [0.5, 0.6) is 0 Å². The van der Waals surface area contributed by atoms with Crippen molar-refractivity contribution in [2.24, 2.45) is 0 Å². The molecule has 1 aliphatic carbocycles. The third-order valence-electron chi connectivity index (χ3n) is 4.26. The van der Waals surface area contributed by atoms with Crippen molar-refractivity contribution in [3.8, 4) is 0 Å². The van der Waals surface area contributed by atoms with Crippen molar-refractivity contribution >= 4 is 11.6 Å². The van der Waals surface area contributed by atoms with E-state index < -0.39 is 6.04 Å². The van der Waals surface area contributed by atoms with E-state index in [0.29, 0.717) is 11.7 Å². The average Bonchev–Trinajstić information content (AvgIpc) is 3.09. The van der Waals surface area contributed by atoms with Crippen molar-refractivity contribution in [1.82, 2.24) is 5.32 Å². The molecule has 2 aromatic rings. The summed E-state index contributed by atoms with van der Waals surface area (Å²) in [5.41, 5.74) is 1.55. The number of hydrogen-bond acceptors (Lipinski definition) is 2. The van der Waals surface area contributed by atoms with Crippen molar-refractivity contribution in [1.29, 1.82) is 0 Å². The molecular formula is C19H21FN2O. The summed E-state index contributed by atoms with van der Waals surface area (Å²) in [6.07, 6.45) is 4.62. The molecule has 3 rings (SSSR count). The summed E-state index contributed by atoms with van der Waals surface area (Å²) >= 11 is 0. The van der Waals surface area contributed by atoms with Crippen LogP contribution in [0.2, 0.25) is 0 Å². The van der Waals surface area contributed by atoms with E-state index in [1.807, 2.05) is 30.3 Å². The molecule has 2 aromatic carbocycles. The zero-order chi connectivity index (χ0) is 16.1. The number of rotatable bonds is 5. The summed E-state index contributed by atoms with van der Waals surface area (Å²) in [6.45, 7) is 0. The molecule has 120 valence electrons. The Morgan fingerprint density at radius 1 is 1.00 bits per heavy atom. The molecule has 3 nitrogen and oxygen atoms in total. The highest BCUT2D eigenvalue weighted by atomic mass is 19.1. The Labute approximate surface area is 135 Å². The highest BCUT2D eigenvalue weighted by Crippen LogP contribution is 2.23. The van der Waals surface area contributed by atoms with Crippen molar-refractivity contribution in [2.45, 2.75) is 37.8 Å². The van der Waals surface area contributed by atoms with E-state index in [1.165, 1.54) is 25.0 Å². The molecule has 0 spiro atoms. The van der Waals surface area contributed by atoms with Crippen LogP contribution in [-0.4, -0.2) is 11.9 Å². The molecule has 1 amide bonds. The minimum atomic E-state index is -0.399. The Hall–Kier alpha value is -2.20. The summed E-state index contributed by atoms with van der Waals surface area (Å²) in [7, 11) is 0. The van der Waals surface area contributed by atoms with Crippen LogP contribution >= 0.6 is 0 Å². The standard InChI is InChI=1S/C19H21FN2O/c20-15-10-12-17(13-11-15)22-19(23)18(14-6-2-1-3-7-14)21-16-8-4-5-9-16/h1-3,6-7,10-13,16,18,21H,4-5,8-9H2,(H,22,23). The van der Waals surface area contributed by atoms with Crippen LogP contribution in [0.4, 0.5) is 10.1 Å². The molecule has 0 bridgehead atoms. The van der Waals surface area contributed by atoms with Crippen molar-refractivity contribution in [3.05, 3.63) is 66.0 Å². The lowest BCUT2D eigenvalue weighted by Crippen LogP contribution is -2.38. The molecule has 1 unspecified atom stereocenters. The highest BCUT2D eigenvalue weighted by Gasteiger charge is 2.25. The van der Waals surface area contributed by atoms with E-state index in [-0.39, 0.29) is 11.7 Å². The average molecular weight is 312 g/mol. The normalized spacial score (nSPS) is 16.2. The van der Waals surface area contributed by atoms with Gasteiger partial charge in [-0.2, -0.15) is 0 Å². The smallest absolute Gasteiger partial charge is 0.246 e. The molecule has 0 radical (unpaired) electrons. The van der Waals surface area contributed by atoms with Crippen molar-refractivity contribution < 1.29 is 9.18 Å². The molecule has 4 heteroatoms. The maximum absolute atomic E-state index is 13.0. The van der Waals surface area contributed by atoms with Gasteiger partial charge in [0.25, 0.3) is 0 Å². The van der Waals surface area contributed by atoms with Crippen LogP contribution in [0.15, 0.2) is 54.6 Å². The third kappa shape index (κ3) is 4.17. The third-order valence-corrected chi connectivity index (χ3v) is 4.26. The van der Waals surface area contributed by atoms with Crippen molar-refractivity contribution in [3.63, 3.8) is 0 Å². The molecule has 1 fully saturated rings. The number of carbonyl (C=O) groups excluding carboxylic acids is 1. The van der Waals surface area contributed by atoms with E-state index in [9.17, 15) is 9.18 Å². The van der Waals surface area contributed by atoms with Gasteiger partial charge in [0.05, 0.1) is 0 Å². The second-order valence-electron chi connectivity index (χ2n) is 5.99. The van der Waals surface area contributed by atoms with Gasteiger partial charge < -0.3 is 5.32 Å². The lowest BCUT2D eigenvalue weighted by atomic mass is 10.0. The molecule has 0 aromatic heterocycles. The minimum Gasteiger partial charge on any atom is -0.324 e. The Morgan fingerprint density at radius 3 is 2.30 bits per heavy atom. The van der Waals surface area contributed by atoms with Gasteiger partial charge >= 0.3 is 0 Å². The van der Waals surface area contributed by atoms with Crippen LogP contribution in [0, 0.1) is 5.82 Å². The highest BCUT2D eigenvalue weighted by molar-refractivity contribution is 5.95. The number of benzene rings is 2. The Kier molecular flexibility index (Phi) is 5.03. The van der Waals surface area contributed by atoms with Crippen LogP contribution < -0.4 is 10.6 Å². The van der Waals surface area contributed by atoms with Gasteiger partial charge in [-0.3, -0.25) is 10.1 Å². The lowest BCUT2D eigenvalue weighted by molar-refractivity contribution is -0.118. The second kappa shape index (κ2) is 7.38.